The van der Waals surface area contributed by atoms with Crippen molar-refractivity contribution in [2.45, 2.75) is 24.3 Å². The maximum absolute atomic E-state index is 8.80. The van der Waals surface area contributed by atoms with Crippen molar-refractivity contribution < 1.29 is 5.11 Å². The molecule has 0 aliphatic rings. The van der Waals surface area contributed by atoms with Gasteiger partial charge in [-0.1, -0.05) is 31.9 Å². The second-order valence-electron chi connectivity index (χ2n) is 1.84. The van der Waals surface area contributed by atoms with Crippen molar-refractivity contribution in [3.63, 3.8) is 0 Å². The summed E-state index contributed by atoms with van der Waals surface area (Å²) in [5.41, 5.74) is 0. The first-order valence-corrected chi connectivity index (χ1v) is 4.58. The topological polar surface area (TPSA) is 20.2 Å². The number of rotatable bonds is 3. The lowest BCUT2D eigenvalue weighted by Gasteiger charge is -2.06. The van der Waals surface area contributed by atoms with E-state index in [2.05, 4.69) is 31.9 Å². The van der Waals surface area contributed by atoms with Crippen molar-refractivity contribution >= 4 is 31.9 Å². The van der Waals surface area contributed by atoms with Gasteiger partial charge in [0.2, 0.25) is 0 Å². The molecule has 0 aliphatic heterocycles. The molecule has 3 heteroatoms. The Morgan fingerprint density at radius 1 is 1.62 bits per heavy atom. The van der Waals surface area contributed by atoms with E-state index < -0.39 is 0 Å². The van der Waals surface area contributed by atoms with E-state index in [4.69, 9.17) is 5.11 Å². The highest BCUT2D eigenvalue weighted by molar-refractivity contribution is 9.12. The molecule has 0 aromatic heterocycles. The molecule has 0 spiro atoms. The van der Waals surface area contributed by atoms with Gasteiger partial charge in [0.1, 0.15) is 0 Å². The van der Waals surface area contributed by atoms with Crippen LogP contribution in [-0.2, 0) is 0 Å². The van der Waals surface area contributed by atoms with Gasteiger partial charge in [-0.05, 0) is 13.3 Å². The molecule has 2 unspecified atom stereocenters. The third-order valence-corrected chi connectivity index (χ3v) is 3.11. The van der Waals surface area contributed by atoms with Crippen LogP contribution in [0.25, 0.3) is 0 Å². The Labute approximate surface area is 66.7 Å². The molecule has 0 saturated carbocycles. The number of hydrogen-bond donors (Lipinski definition) is 1. The molecule has 0 heterocycles. The van der Waals surface area contributed by atoms with Gasteiger partial charge < -0.3 is 5.11 Å². The zero-order valence-electron chi connectivity index (χ0n) is 4.77. The highest BCUT2D eigenvalue weighted by Crippen LogP contribution is 2.10. The van der Waals surface area contributed by atoms with Crippen molar-refractivity contribution in [2.75, 3.05) is 5.33 Å². The Hall–Kier alpha value is 0.920. The molecule has 0 aromatic carbocycles. The Bertz CT molecular complexity index is 56.4. The molecule has 0 amide bonds. The van der Waals surface area contributed by atoms with E-state index in [-0.39, 0.29) is 6.10 Å². The molecule has 0 rings (SSSR count). The summed E-state index contributed by atoms with van der Waals surface area (Å²) in [6, 6.07) is 0. The summed E-state index contributed by atoms with van der Waals surface area (Å²) in [5, 5.41) is 9.70. The summed E-state index contributed by atoms with van der Waals surface area (Å²) < 4.78 is 0. The van der Waals surface area contributed by atoms with E-state index in [1.54, 1.807) is 6.92 Å². The van der Waals surface area contributed by atoms with Crippen LogP contribution in [0.5, 0.6) is 0 Å². The van der Waals surface area contributed by atoms with Crippen LogP contribution in [0.1, 0.15) is 13.3 Å². The first kappa shape index (κ1) is 8.92. The van der Waals surface area contributed by atoms with Gasteiger partial charge in [-0.25, -0.2) is 0 Å². The monoisotopic (exact) mass is 244 g/mol. The van der Waals surface area contributed by atoms with Gasteiger partial charge in [0.05, 0.1) is 6.10 Å². The average Bonchev–Trinajstić information content (AvgIpc) is 1.65. The van der Waals surface area contributed by atoms with Gasteiger partial charge in [-0.3, -0.25) is 0 Å². The Balaban J connectivity index is 3.10. The smallest absolute Gasteiger partial charge is 0.0523 e. The fraction of sp³-hybridized carbons (Fsp3) is 1.00. The van der Waals surface area contributed by atoms with Crippen molar-refractivity contribution in [3.8, 4) is 0 Å². The van der Waals surface area contributed by atoms with Crippen LogP contribution in [0.15, 0.2) is 0 Å². The molecule has 0 bridgehead atoms. The summed E-state index contributed by atoms with van der Waals surface area (Å²) >= 11 is 6.66. The number of aliphatic hydroxyl groups excluding tert-OH is 1. The van der Waals surface area contributed by atoms with E-state index in [9.17, 15) is 0 Å². The molecular formula is C5H10Br2O. The zero-order chi connectivity index (χ0) is 6.57. The normalized spacial score (nSPS) is 18.0. The SMILES string of the molecule is CC(O)CC(Br)CBr. The van der Waals surface area contributed by atoms with Crippen LogP contribution < -0.4 is 0 Å². The molecule has 2 atom stereocenters. The summed E-state index contributed by atoms with van der Waals surface area (Å²) in [6.45, 7) is 1.79. The largest absolute Gasteiger partial charge is 0.393 e. The molecular weight excluding hydrogens is 236 g/mol. The summed E-state index contributed by atoms with van der Waals surface area (Å²) in [4.78, 5) is 0.405. The van der Waals surface area contributed by atoms with Gasteiger partial charge in [-0.2, -0.15) is 0 Å². The van der Waals surface area contributed by atoms with Crippen molar-refractivity contribution in [2.24, 2.45) is 0 Å². The van der Waals surface area contributed by atoms with E-state index in [0.717, 1.165) is 11.8 Å². The van der Waals surface area contributed by atoms with Crippen LogP contribution in [0.4, 0.5) is 0 Å². The van der Waals surface area contributed by atoms with E-state index in [1.165, 1.54) is 0 Å². The van der Waals surface area contributed by atoms with Crippen LogP contribution in [0.3, 0.4) is 0 Å². The van der Waals surface area contributed by atoms with Crippen molar-refractivity contribution in [3.05, 3.63) is 0 Å². The van der Waals surface area contributed by atoms with Crippen LogP contribution in [-0.4, -0.2) is 21.4 Å². The molecule has 8 heavy (non-hydrogen) atoms. The average molecular weight is 246 g/mol. The van der Waals surface area contributed by atoms with Crippen LogP contribution in [0, 0.1) is 0 Å². The van der Waals surface area contributed by atoms with E-state index >= 15 is 0 Å². The van der Waals surface area contributed by atoms with Crippen LogP contribution >= 0.6 is 31.9 Å². The summed E-state index contributed by atoms with van der Waals surface area (Å²) in [6.07, 6.45) is 0.613. The predicted molar refractivity (Wildman–Crippen MR) is 42.8 cm³/mol. The lowest BCUT2D eigenvalue weighted by atomic mass is 10.2. The first-order valence-electron chi connectivity index (χ1n) is 2.55. The van der Waals surface area contributed by atoms with E-state index in [1.807, 2.05) is 0 Å². The predicted octanol–water partition coefficient (Wildman–Crippen LogP) is 1.92. The Kier molecular flexibility index (Phi) is 5.31. The van der Waals surface area contributed by atoms with Gasteiger partial charge in [0, 0.05) is 10.2 Å². The van der Waals surface area contributed by atoms with Crippen LogP contribution in [0.2, 0.25) is 0 Å². The lowest BCUT2D eigenvalue weighted by molar-refractivity contribution is 0.186. The standard InChI is InChI=1S/C5H10Br2O/c1-4(8)2-5(7)3-6/h4-5,8H,2-3H2,1H3. The third kappa shape index (κ3) is 5.06. The number of hydrogen-bond acceptors (Lipinski definition) is 1. The minimum absolute atomic E-state index is 0.197. The molecule has 0 radical (unpaired) electrons. The maximum Gasteiger partial charge on any atom is 0.0523 e. The number of alkyl halides is 2. The van der Waals surface area contributed by atoms with E-state index in [0.29, 0.717) is 4.83 Å². The molecule has 1 N–H and O–H groups in total. The molecule has 0 aromatic rings. The second-order valence-corrected chi connectivity index (χ2v) is 3.78. The molecule has 0 aliphatic carbocycles. The highest BCUT2D eigenvalue weighted by Gasteiger charge is 2.04. The zero-order valence-corrected chi connectivity index (χ0v) is 7.94. The lowest BCUT2D eigenvalue weighted by Crippen LogP contribution is -2.09. The fourth-order valence-corrected chi connectivity index (χ4v) is 1.24. The van der Waals surface area contributed by atoms with Crippen molar-refractivity contribution in [1.29, 1.82) is 0 Å². The fourth-order valence-electron chi connectivity index (χ4n) is 0.433. The minimum atomic E-state index is -0.197. The minimum Gasteiger partial charge on any atom is -0.393 e. The second kappa shape index (κ2) is 4.77. The van der Waals surface area contributed by atoms with Gasteiger partial charge in [-0.15, -0.1) is 0 Å². The molecule has 50 valence electrons. The maximum atomic E-state index is 8.80. The third-order valence-electron chi connectivity index (χ3n) is 0.764. The van der Waals surface area contributed by atoms with Gasteiger partial charge in [0.15, 0.2) is 0 Å². The Morgan fingerprint density at radius 3 is 2.25 bits per heavy atom. The number of aliphatic hydroxyl groups is 1. The summed E-state index contributed by atoms with van der Waals surface area (Å²) in [7, 11) is 0. The molecule has 0 saturated heterocycles. The first-order chi connectivity index (χ1) is 3.66. The van der Waals surface area contributed by atoms with Gasteiger partial charge in [0.25, 0.3) is 0 Å². The molecule has 1 nitrogen and oxygen atoms in total. The van der Waals surface area contributed by atoms with Gasteiger partial charge >= 0.3 is 0 Å². The highest BCUT2D eigenvalue weighted by atomic mass is 79.9. The van der Waals surface area contributed by atoms with Crippen molar-refractivity contribution in [1.82, 2.24) is 0 Å². The molecule has 0 fully saturated rings. The summed E-state index contributed by atoms with van der Waals surface area (Å²) in [5.74, 6) is 0. The quantitative estimate of drug-likeness (QED) is 0.754. The number of halogens is 2. The Morgan fingerprint density at radius 2 is 2.12 bits per heavy atom.